The second kappa shape index (κ2) is 6.77. The van der Waals surface area contributed by atoms with Gasteiger partial charge in [-0.3, -0.25) is 4.98 Å². The summed E-state index contributed by atoms with van der Waals surface area (Å²) in [6, 6.07) is 4.99. The largest absolute Gasteiger partial charge is 0.354 e. The Morgan fingerprint density at radius 3 is 2.46 bits per heavy atom. The maximum Gasteiger partial charge on any atom is 0.244 e. The molecule has 0 spiro atoms. The third kappa shape index (κ3) is 3.13. The van der Waals surface area contributed by atoms with Crippen LogP contribution >= 0.6 is 0 Å². The van der Waals surface area contributed by atoms with Crippen LogP contribution in [0.15, 0.2) is 54.5 Å². The number of pyridine rings is 1. The number of nitrogens with zero attached hydrogens (tertiary/aromatic N) is 8. The minimum atomic E-state index is -3.52. The molecular formula is C15H16N8O2S. The standard InChI is InChI=1S/C15H16N8O2S/c24-26(25,13-2-1-3-16-9-13)22-6-4-21(5-7-22)14-8-15(19-11-18-14)23-12-17-10-20-23/h1-3,8-12H,4-7H2. The molecule has 0 unspecified atom stereocenters. The van der Waals surface area contributed by atoms with E-state index in [9.17, 15) is 8.42 Å². The van der Waals surface area contributed by atoms with Crippen molar-refractivity contribution in [1.29, 1.82) is 0 Å². The number of hydrogen-bond donors (Lipinski definition) is 0. The molecule has 0 radical (unpaired) electrons. The fourth-order valence-corrected chi connectivity index (χ4v) is 4.16. The van der Waals surface area contributed by atoms with E-state index in [4.69, 9.17) is 0 Å². The molecule has 4 heterocycles. The molecule has 4 rings (SSSR count). The molecule has 3 aromatic rings. The molecule has 0 atom stereocenters. The Bertz CT molecular complexity index is 970. The highest BCUT2D eigenvalue weighted by Crippen LogP contribution is 2.20. The topological polar surface area (TPSA) is 110 Å². The van der Waals surface area contributed by atoms with E-state index in [0.717, 1.165) is 5.82 Å². The van der Waals surface area contributed by atoms with E-state index >= 15 is 0 Å². The molecule has 0 aliphatic carbocycles. The van der Waals surface area contributed by atoms with E-state index in [2.05, 4.69) is 25.0 Å². The predicted molar refractivity (Wildman–Crippen MR) is 92.2 cm³/mol. The Kier molecular flexibility index (Phi) is 4.31. The van der Waals surface area contributed by atoms with E-state index in [1.165, 1.54) is 23.2 Å². The van der Waals surface area contributed by atoms with Gasteiger partial charge in [-0.2, -0.15) is 9.40 Å². The van der Waals surface area contributed by atoms with Gasteiger partial charge in [0.05, 0.1) is 0 Å². The summed E-state index contributed by atoms with van der Waals surface area (Å²) in [5.41, 5.74) is 0. The molecule has 1 aliphatic heterocycles. The normalized spacial score (nSPS) is 15.9. The van der Waals surface area contributed by atoms with Crippen LogP contribution in [0.25, 0.3) is 5.82 Å². The first-order valence-electron chi connectivity index (χ1n) is 7.97. The van der Waals surface area contributed by atoms with Crippen molar-refractivity contribution >= 4 is 15.8 Å². The zero-order valence-electron chi connectivity index (χ0n) is 13.7. The van der Waals surface area contributed by atoms with E-state index in [1.54, 1.807) is 35.4 Å². The lowest BCUT2D eigenvalue weighted by atomic mass is 10.3. The molecule has 3 aromatic heterocycles. The van der Waals surface area contributed by atoms with Gasteiger partial charge in [-0.1, -0.05) is 0 Å². The molecule has 11 heteroatoms. The van der Waals surface area contributed by atoms with Crippen LogP contribution in [0.1, 0.15) is 0 Å². The Balaban J connectivity index is 1.48. The number of anilines is 1. The van der Waals surface area contributed by atoms with Crippen LogP contribution in [-0.2, 0) is 10.0 Å². The molecule has 26 heavy (non-hydrogen) atoms. The van der Waals surface area contributed by atoms with Crippen molar-refractivity contribution in [3.63, 3.8) is 0 Å². The highest BCUT2D eigenvalue weighted by Gasteiger charge is 2.29. The second-order valence-corrected chi connectivity index (χ2v) is 7.59. The van der Waals surface area contributed by atoms with E-state index in [0.29, 0.717) is 32.0 Å². The molecule has 0 bridgehead atoms. The summed E-state index contributed by atoms with van der Waals surface area (Å²) in [5.74, 6) is 1.34. The van der Waals surface area contributed by atoms with Gasteiger partial charge in [0.15, 0.2) is 5.82 Å². The Hall–Kier alpha value is -2.92. The van der Waals surface area contributed by atoms with Gasteiger partial charge in [-0.25, -0.2) is 28.1 Å². The highest BCUT2D eigenvalue weighted by atomic mass is 32.2. The monoisotopic (exact) mass is 372 g/mol. The lowest BCUT2D eigenvalue weighted by molar-refractivity contribution is 0.383. The van der Waals surface area contributed by atoms with Crippen molar-refractivity contribution in [2.75, 3.05) is 31.1 Å². The molecule has 0 N–H and O–H groups in total. The fourth-order valence-electron chi connectivity index (χ4n) is 2.77. The Morgan fingerprint density at radius 1 is 0.962 bits per heavy atom. The molecule has 134 valence electrons. The predicted octanol–water partition coefficient (Wildman–Crippen LogP) is -0.0368. The zero-order valence-corrected chi connectivity index (χ0v) is 14.6. The van der Waals surface area contributed by atoms with Gasteiger partial charge in [-0.05, 0) is 12.1 Å². The van der Waals surface area contributed by atoms with Gasteiger partial charge in [0.1, 0.15) is 29.7 Å². The van der Waals surface area contributed by atoms with E-state index < -0.39 is 10.0 Å². The summed E-state index contributed by atoms with van der Waals surface area (Å²) in [7, 11) is -3.52. The summed E-state index contributed by atoms with van der Waals surface area (Å²) in [5, 5.41) is 4.05. The smallest absolute Gasteiger partial charge is 0.244 e. The number of piperazine rings is 1. The second-order valence-electron chi connectivity index (χ2n) is 5.65. The first-order valence-corrected chi connectivity index (χ1v) is 9.41. The number of rotatable bonds is 4. The van der Waals surface area contributed by atoms with Crippen LogP contribution in [0.3, 0.4) is 0 Å². The first-order chi connectivity index (χ1) is 12.6. The molecule has 0 amide bonds. The summed E-state index contributed by atoms with van der Waals surface area (Å²) < 4.78 is 28.3. The SMILES string of the molecule is O=S(=O)(c1cccnc1)N1CCN(c2cc(-n3cncn3)ncn2)CC1. The number of aromatic nitrogens is 6. The van der Waals surface area contributed by atoms with Crippen LogP contribution in [0.2, 0.25) is 0 Å². The van der Waals surface area contributed by atoms with Gasteiger partial charge >= 0.3 is 0 Å². The van der Waals surface area contributed by atoms with Crippen molar-refractivity contribution in [3.05, 3.63) is 49.6 Å². The summed E-state index contributed by atoms with van der Waals surface area (Å²) in [6.45, 7) is 1.82. The molecular weight excluding hydrogens is 356 g/mol. The molecule has 1 aliphatic rings. The average molecular weight is 372 g/mol. The van der Waals surface area contributed by atoms with E-state index in [-0.39, 0.29) is 4.90 Å². The minimum Gasteiger partial charge on any atom is -0.354 e. The number of hydrogen-bond acceptors (Lipinski definition) is 8. The summed E-state index contributed by atoms with van der Waals surface area (Å²) in [6.07, 6.45) is 7.38. The lowest BCUT2D eigenvalue weighted by Gasteiger charge is -2.34. The third-order valence-corrected chi connectivity index (χ3v) is 6.01. The quantitative estimate of drug-likeness (QED) is 0.628. The van der Waals surface area contributed by atoms with Crippen molar-refractivity contribution in [3.8, 4) is 5.82 Å². The lowest BCUT2D eigenvalue weighted by Crippen LogP contribution is -2.49. The number of sulfonamides is 1. The zero-order chi connectivity index (χ0) is 18.0. The van der Waals surface area contributed by atoms with Crippen molar-refractivity contribution in [2.24, 2.45) is 0 Å². The van der Waals surface area contributed by atoms with Crippen LogP contribution < -0.4 is 4.90 Å². The summed E-state index contributed by atoms with van der Waals surface area (Å²) >= 11 is 0. The highest BCUT2D eigenvalue weighted by molar-refractivity contribution is 7.89. The fraction of sp³-hybridized carbons (Fsp3) is 0.267. The maximum atomic E-state index is 12.7. The van der Waals surface area contributed by atoms with Crippen molar-refractivity contribution in [1.82, 2.24) is 34.0 Å². The Morgan fingerprint density at radius 2 is 1.77 bits per heavy atom. The van der Waals surface area contributed by atoms with Gasteiger partial charge in [0.2, 0.25) is 10.0 Å². The van der Waals surface area contributed by atoms with Crippen LogP contribution in [0, 0.1) is 0 Å². The van der Waals surface area contributed by atoms with Crippen molar-refractivity contribution in [2.45, 2.75) is 4.90 Å². The minimum absolute atomic E-state index is 0.212. The summed E-state index contributed by atoms with van der Waals surface area (Å²) in [4.78, 5) is 18.5. The van der Waals surface area contributed by atoms with Gasteiger partial charge in [0, 0.05) is 44.6 Å². The maximum absolute atomic E-state index is 12.7. The van der Waals surface area contributed by atoms with Gasteiger partial charge in [0.25, 0.3) is 0 Å². The first kappa shape index (κ1) is 16.5. The molecule has 10 nitrogen and oxygen atoms in total. The van der Waals surface area contributed by atoms with Crippen molar-refractivity contribution < 1.29 is 8.42 Å². The van der Waals surface area contributed by atoms with Gasteiger partial charge < -0.3 is 4.90 Å². The Labute approximate surface area is 150 Å². The van der Waals surface area contributed by atoms with Gasteiger partial charge in [-0.15, -0.1) is 0 Å². The van der Waals surface area contributed by atoms with Crippen LogP contribution in [0.5, 0.6) is 0 Å². The van der Waals surface area contributed by atoms with E-state index in [1.807, 2.05) is 4.90 Å². The molecule has 1 saturated heterocycles. The average Bonchev–Trinajstić information content (AvgIpc) is 3.24. The van der Waals surface area contributed by atoms with Crippen LogP contribution in [-0.4, -0.2) is 68.6 Å². The molecule has 0 aromatic carbocycles. The molecule has 0 saturated carbocycles. The van der Waals surface area contributed by atoms with Crippen LogP contribution in [0.4, 0.5) is 5.82 Å². The molecule has 1 fully saturated rings. The third-order valence-electron chi connectivity index (χ3n) is 4.13.